The molecule has 5 heteroatoms. The first kappa shape index (κ1) is 19.0. The van der Waals surface area contributed by atoms with E-state index in [1.165, 1.54) is 6.92 Å². The van der Waals surface area contributed by atoms with Gasteiger partial charge in [-0.1, -0.05) is 26.0 Å². The van der Waals surface area contributed by atoms with E-state index in [2.05, 4.69) is 10.6 Å². The van der Waals surface area contributed by atoms with Gasteiger partial charge in [0, 0.05) is 6.92 Å². The third kappa shape index (κ3) is 6.30. The SMILES string of the molecule is CC(=O)NC(C(=O)NC(C)c1ccc(OC(C)C)cc1)C(C)C. The highest BCUT2D eigenvalue weighted by Gasteiger charge is 2.24. The first-order chi connectivity index (χ1) is 10.7. The van der Waals surface area contributed by atoms with E-state index in [9.17, 15) is 9.59 Å². The first-order valence-corrected chi connectivity index (χ1v) is 8.04. The lowest BCUT2D eigenvalue weighted by atomic mass is 10.0. The maximum Gasteiger partial charge on any atom is 0.243 e. The number of carbonyl (C=O) groups excluding carboxylic acids is 2. The molecule has 5 nitrogen and oxygen atoms in total. The number of amides is 2. The monoisotopic (exact) mass is 320 g/mol. The maximum absolute atomic E-state index is 12.4. The van der Waals surface area contributed by atoms with Gasteiger partial charge in [0.25, 0.3) is 0 Å². The highest BCUT2D eigenvalue weighted by Crippen LogP contribution is 2.19. The van der Waals surface area contributed by atoms with Crippen LogP contribution in [0.15, 0.2) is 24.3 Å². The number of carbonyl (C=O) groups is 2. The highest BCUT2D eigenvalue weighted by molar-refractivity contribution is 5.87. The molecule has 0 aromatic heterocycles. The van der Waals surface area contributed by atoms with Crippen molar-refractivity contribution in [1.29, 1.82) is 0 Å². The van der Waals surface area contributed by atoms with Crippen molar-refractivity contribution in [1.82, 2.24) is 10.6 Å². The summed E-state index contributed by atoms with van der Waals surface area (Å²) < 4.78 is 5.61. The van der Waals surface area contributed by atoms with Crippen LogP contribution in [0.1, 0.15) is 53.1 Å². The van der Waals surface area contributed by atoms with Gasteiger partial charge in [0.1, 0.15) is 11.8 Å². The second-order valence-electron chi connectivity index (χ2n) is 6.39. The molecule has 0 aliphatic carbocycles. The van der Waals surface area contributed by atoms with Gasteiger partial charge in [-0.3, -0.25) is 9.59 Å². The predicted octanol–water partition coefficient (Wildman–Crippen LogP) is 2.81. The van der Waals surface area contributed by atoms with Crippen LogP contribution in [-0.4, -0.2) is 24.0 Å². The van der Waals surface area contributed by atoms with Crippen LogP contribution in [0, 0.1) is 5.92 Å². The molecule has 1 aromatic rings. The Hall–Kier alpha value is -2.04. The number of hydrogen-bond donors (Lipinski definition) is 2. The summed E-state index contributed by atoms with van der Waals surface area (Å²) in [7, 11) is 0. The van der Waals surface area contributed by atoms with Crippen LogP contribution in [0.3, 0.4) is 0 Å². The molecular weight excluding hydrogens is 292 g/mol. The fourth-order valence-electron chi connectivity index (χ4n) is 2.25. The van der Waals surface area contributed by atoms with Gasteiger partial charge in [0.2, 0.25) is 11.8 Å². The fraction of sp³-hybridized carbons (Fsp3) is 0.556. The minimum absolute atomic E-state index is 0.0212. The van der Waals surface area contributed by atoms with Crippen LogP contribution in [0.4, 0.5) is 0 Å². The van der Waals surface area contributed by atoms with E-state index in [0.717, 1.165) is 11.3 Å². The summed E-state index contributed by atoms with van der Waals surface area (Å²) in [5.41, 5.74) is 0.986. The predicted molar refractivity (Wildman–Crippen MR) is 91.2 cm³/mol. The molecule has 0 fully saturated rings. The second-order valence-corrected chi connectivity index (χ2v) is 6.39. The van der Waals surface area contributed by atoms with E-state index in [0.29, 0.717) is 0 Å². The van der Waals surface area contributed by atoms with Crippen LogP contribution < -0.4 is 15.4 Å². The zero-order valence-corrected chi connectivity index (χ0v) is 14.8. The molecule has 0 bridgehead atoms. The number of benzene rings is 1. The third-order valence-electron chi connectivity index (χ3n) is 3.42. The summed E-state index contributed by atoms with van der Waals surface area (Å²) in [5, 5.41) is 5.64. The summed E-state index contributed by atoms with van der Waals surface area (Å²) in [6, 6.07) is 6.98. The standard InChI is InChI=1S/C18H28N2O3/c1-11(2)17(20-14(6)21)18(22)19-13(5)15-7-9-16(10-8-15)23-12(3)4/h7-13,17H,1-6H3,(H,19,22)(H,20,21). The number of hydrogen-bond acceptors (Lipinski definition) is 3. The topological polar surface area (TPSA) is 67.4 Å². The zero-order valence-electron chi connectivity index (χ0n) is 14.8. The van der Waals surface area contributed by atoms with Crippen LogP contribution >= 0.6 is 0 Å². The van der Waals surface area contributed by atoms with Gasteiger partial charge < -0.3 is 15.4 Å². The molecule has 2 amide bonds. The fourth-order valence-corrected chi connectivity index (χ4v) is 2.25. The average Bonchev–Trinajstić information content (AvgIpc) is 2.44. The van der Waals surface area contributed by atoms with Gasteiger partial charge in [0.05, 0.1) is 12.1 Å². The molecule has 0 saturated heterocycles. The van der Waals surface area contributed by atoms with E-state index < -0.39 is 6.04 Å². The molecule has 1 aromatic carbocycles. The molecule has 0 aliphatic heterocycles. The van der Waals surface area contributed by atoms with Crippen LogP contribution in [0.25, 0.3) is 0 Å². The number of nitrogens with one attached hydrogen (secondary N) is 2. The molecule has 0 heterocycles. The molecule has 0 saturated carbocycles. The number of ether oxygens (including phenoxy) is 1. The Balaban J connectivity index is 2.71. The Morgan fingerprint density at radius 1 is 0.957 bits per heavy atom. The van der Waals surface area contributed by atoms with E-state index in [-0.39, 0.29) is 29.9 Å². The van der Waals surface area contributed by atoms with Crippen molar-refractivity contribution in [2.75, 3.05) is 0 Å². The molecular formula is C18H28N2O3. The minimum Gasteiger partial charge on any atom is -0.491 e. The van der Waals surface area contributed by atoms with Gasteiger partial charge in [-0.25, -0.2) is 0 Å². The van der Waals surface area contributed by atoms with E-state index >= 15 is 0 Å². The average molecular weight is 320 g/mol. The van der Waals surface area contributed by atoms with Crippen molar-refractivity contribution in [2.45, 2.75) is 59.7 Å². The third-order valence-corrected chi connectivity index (χ3v) is 3.42. The molecule has 0 aliphatic rings. The van der Waals surface area contributed by atoms with E-state index in [1.54, 1.807) is 0 Å². The highest BCUT2D eigenvalue weighted by atomic mass is 16.5. The normalized spacial score (nSPS) is 13.6. The van der Waals surface area contributed by atoms with Crippen molar-refractivity contribution >= 4 is 11.8 Å². The number of rotatable bonds is 7. The minimum atomic E-state index is -0.529. The van der Waals surface area contributed by atoms with Gasteiger partial charge in [0.15, 0.2) is 0 Å². The van der Waals surface area contributed by atoms with Gasteiger partial charge in [-0.2, -0.15) is 0 Å². The lowest BCUT2D eigenvalue weighted by molar-refractivity contribution is -0.129. The second kappa shape index (κ2) is 8.56. The summed E-state index contributed by atoms with van der Waals surface area (Å²) in [4.78, 5) is 23.6. The summed E-state index contributed by atoms with van der Waals surface area (Å²) >= 11 is 0. The molecule has 0 radical (unpaired) electrons. The lowest BCUT2D eigenvalue weighted by Gasteiger charge is -2.23. The lowest BCUT2D eigenvalue weighted by Crippen LogP contribution is -2.49. The molecule has 2 atom stereocenters. The van der Waals surface area contributed by atoms with Crippen LogP contribution in [0.5, 0.6) is 5.75 Å². The van der Waals surface area contributed by atoms with Crippen molar-refractivity contribution in [3.63, 3.8) is 0 Å². The first-order valence-electron chi connectivity index (χ1n) is 8.04. The largest absolute Gasteiger partial charge is 0.491 e. The van der Waals surface area contributed by atoms with Crippen molar-refractivity contribution in [3.8, 4) is 5.75 Å². The van der Waals surface area contributed by atoms with Crippen LogP contribution in [-0.2, 0) is 9.59 Å². The van der Waals surface area contributed by atoms with Gasteiger partial charge in [-0.05, 0) is 44.4 Å². The maximum atomic E-state index is 12.4. The van der Waals surface area contributed by atoms with Crippen molar-refractivity contribution in [2.24, 2.45) is 5.92 Å². The van der Waals surface area contributed by atoms with E-state index in [4.69, 9.17) is 4.74 Å². The Labute approximate surface area is 138 Å². The zero-order chi connectivity index (χ0) is 17.6. The molecule has 0 spiro atoms. The Bertz CT molecular complexity index is 524. The Morgan fingerprint density at radius 3 is 1.96 bits per heavy atom. The molecule has 2 N–H and O–H groups in total. The molecule has 2 unspecified atom stereocenters. The van der Waals surface area contributed by atoms with Crippen molar-refractivity contribution in [3.05, 3.63) is 29.8 Å². The summed E-state index contributed by atoms with van der Waals surface area (Å²) in [6.45, 7) is 11.1. The van der Waals surface area contributed by atoms with E-state index in [1.807, 2.05) is 58.9 Å². The van der Waals surface area contributed by atoms with Crippen LogP contribution in [0.2, 0.25) is 0 Å². The molecule has 128 valence electrons. The Morgan fingerprint density at radius 2 is 1.52 bits per heavy atom. The molecule has 23 heavy (non-hydrogen) atoms. The van der Waals surface area contributed by atoms with Gasteiger partial charge >= 0.3 is 0 Å². The molecule has 1 rings (SSSR count). The smallest absolute Gasteiger partial charge is 0.243 e. The Kier molecular flexibility index (Phi) is 7.07. The summed E-state index contributed by atoms with van der Waals surface area (Å²) in [5.74, 6) is 0.445. The summed E-state index contributed by atoms with van der Waals surface area (Å²) in [6.07, 6.45) is 0.127. The quantitative estimate of drug-likeness (QED) is 0.812. The van der Waals surface area contributed by atoms with Crippen molar-refractivity contribution < 1.29 is 14.3 Å². The van der Waals surface area contributed by atoms with Gasteiger partial charge in [-0.15, -0.1) is 0 Å².